The van der Waals surface area contributed by atoms with E-state index in [1.54, 1.807) is 0 Å². The Balaban J connectivity index is 0.00000200. The average Bonchev–Trinajstić information content (AvgIpc) is 2.42. The lowest BCUT2D eigenvalue weighted by Crippen LogP contribution is -2.46. The van der Waals surface area contributed by atoms with Gasteiger partial charge in [0.2, 0.25) is 5.91 Å². The molecule has 0 aromatic heterocycles. The maximum absolute atomic E-state index is 11.9. The first-order chi connectivity index (χ1) is 9.28. The van der Waals surface area contributed by atoms with Gasteiger partial charge in [0.1, 0.15) is 5.75 Å². The number of hydrogen-bond donors (Lipinski definition) is 2. The number of benzene rings is 1. The van der Waals surface area contributed by atoms with Crippen molar-refractivity contribution >= 4 is 24.0 Å². The van der Waals surface area contributed by atoms with E-state index >= 15 is 0 Å². The molecule has 1 aromatic carbocycles. The summed E-state index contributed by atoms with van der Waals surface area (Å²) in [4.78, 5) is 14.0. The van der Waals surface area contributed by atoms with Crippen LogP contribution >= 0.6 is 12.4 Å². The van der Waals surface area contributed by atoms with Gasteiger partial charge in [-0.3, -0.25) is 9.69 Å². The molecular formula is C14H22ClN3O2. The van der Waals surface area contributed by atoms with Crippen molar-refractivity contribution in [3.05, 3.63) is 24.3 Å². The first-order valence-corrected chi connectivity index (χ1v) is 6.73. The smallest absolute Gasteiger partial charge is 0.238 e. The van der Waals surface area contributed by atoms with Gasteiger partial charge in [-0.25, -0.2) is 0 Å². The molecule has 0 bridgehead atoms. The molecule has 2 rings (SSSR count). The van der Waals surface area contributed by atoms with Crippen molar-refractivity contribution in [3.63, 3.8) is 0 Å². The van der Waals surface area contributed by atoms with E-state index < -0.39 is 0 Å². The Hall–Kier alpha value is -1.30. The van der Waals surface area contributed by atoms with Gasteiger partial charge in [0.05, 0.1) is 13.2 Å². The molecule has 5 nitrogen and oxygen atoms in total. The predicted molar refractivity (Wildman–Crippen MR) is 82.8 cm³/mol. The fraction of sp³-hybridized carbons (Fsp3) is 0.500. The Labute approximate surface area is 126 Å². The highest BCUT2D eigenvalue weighted by molar-refractivity contribution is 5.92. The van der Waals surface area contributed by atoms with Crippen LogP contribution in [0.4, 0.5) is 5.69 Å². The summed E-state index contributed by atoms with van der Waals surface area (Å²) in [6, 6.07) is 7.45. The van der Waals surface area contributed by atoms with Crippen LogP contribution < -0.4 is 15.4 Å². The van der Waals surface area contributed by atoms with Crippen LogP contribution in [0.25, 0.3) is 0 Å². The number of piperazine rings is 1. The first kappa shape index (κ1) is 16.8. The molecule has 6 heteroatoms. The van der Waals surface area contributed by atoms with Gasteiger partial charge in [0.25, 0.3) is 0 Å². The van der Waals surface area contributed by atoms with E-state index in [-0.39, 0.29) is 18.3 Å². The van der Waals surface area contributed by atoms with Crippen LogP contribution in [0.2, 0.25) is 0 Å². The normalized spacial score (nSPS) is 15.2. The highest BCUT2D eigenvalue weighted by Gasteiger charge is 2.13. The molecule has 1 aromatic rings. The Morgan fingerprint density at radius 2 is 1.95 bits per heavy atom. The molecule has 1 heterocycles. The van der Waals surface area contributed by atoms with E-state index in [0.29, 0.717) is 13.2 Å². The largest absolute Gasteiger partial charge is 0.494 e. The first-order valence-electron chi connectivity index (χ1n) is 6.73. The summed E-state index contributed by atoms with van der Waals surface area (Å²) < 4.78 is 5.36. The Morgan fingerprint density at radius 3 is 2.55 bits per heavy atom. The van der Waals surface area contributed by atoms with Gasteiger partial charge in [-0.1, -0.05) is 0 Å². The van der Waals surface area contributed by atoms with Crippen LogP contribution in [0.5, 0.6) is 5.75 Å². The fourth-order valence-corrected chi connectivity index (χ4v) is 2.07. The third-order valence-electron chi connectivity index (χ3n) is 3.03. The minimum atomic E-state index is 0. The van der Waals surface area contributed by atoms with Crippen molar-refractivity contribution in [1.82, 2.24) is 10.2 Å². The van der Waals surface area contributed by atoms with Gasteiger partial charge < -0.3 is 15.4 Å². The zero-order valence-corrected chi connectivity index (χ0v) is 12.5. The summed E-state index contributed by atoms with van der Waals surface area (Å²) in [5.41, 5.74) is 0.809. The number of carbonyl (C=O) groups is 1. The van der Waals surface area contributed by atoms with Gasteiger partial charge >= 0.3 is 0 Å². The topological polar surface area (TPSA) is 53.6 Å². The van der Waals surface area contributed by atoms with Gasteiger partial charge in [-0.05, 0) is 31.2 Å². The second kappa shape index (κ2) is 8.79. The number of halogens is 1. The molecule has 1 aliphatic heterocycles. The van der Waals surface area contributed by atoms with Gasteiger partial charge in [-0.2, -0.15) is 0 Å². The minimum absolute atomic E-state index is 0. The summed E-state index contributed by atoms with van der Waals surface area (Å²) in [5, 5.41) is 6.17. The number of amides is 1. The van der Waals surface area contributed by atoms with Crippen molar-refractivity contribution in [2.75, 3.05) is 44.6 Å². The molecular weight excluding hydrogens is 278 g/mol. The fourth-order valence-electron chi connectivity index (χ4n) is 2.07. The molecule has 0 radical (unpaired) electrons. The zero-order chi connectivity index (χ0) is 13.5. The second-order valence-electron chi connectivity index (χ2n) is 4.53. The molecule has 0 atom stereocenters. The highest BCUT2D eigenvalue weighted by Crippen LogP contribution is 2.15. The molecule has 1 saturated heterocycles. The summed E-state index contributed by atoms with van der Waals surface area (Å²) in [7, 11) is 0. The van der Waals surface area contributed by atoms with E-state index in [9.17, 15) is 4.79 Å². The number of anilines is 1. The maximum Gasteiger partial charge on any atom is 0.238 e. The molecule has 1 amide bonds. The number of rotatable bonds is 5. The van der Waals surface area contributed by atoms with E-state index in [1.165, 1.54) is 0 Å². The molecule has 1 aliphatic rings. The number of carbonyl (C=O) groups excluding carboxylic acids is 1. The van der Waals surface area contributed by atoms with Crippen molar-refractivity contribution in [1.29, 1.82) is 0 Å². The van der Waals surface area contributed by atoms with Crippen molar-refractivity contribution in [3.8, 4) is 5.75 Å². The van der Waals surface area contributed by atoms with E-state index in [2.05, 4.69) is 15.5 Å². The molecule has 0 spiro atoms. The number of nitrogens with one attached hydrogen (secondary N) is 2. The van der Waals surface area contributed by atoms with Crippen LogP contribution in [0, 0.1) is 0 Å². The Kier molecular flexibility index (Phi) is 7.36. The molecule has 0 unspecified atom stereocenters. The van der Waals surface area contributed by atoms with Crippen LogP contribution in [-0.2, 0) is 4.79 Å². The van der Waals surface area contributed by atoms with Crippen LogP contribution in [0.15, 0.2) is 24.3 Å². The molecule has 0 aliphatic carbocycles. The van der Waals surface area contributed by atoms with Crippen molar-refractivity contribution in [2.45, 2.75) is 6.92 Å². The maximum atomic E-state index is 11.9. The van der Waals surface area contributed by atoms with Crippen molar-refractivity contribution < 1.29 is 9.53 Å². The number of hydrogen-bond acceptors (Lipinski definition) is 4. The average molecular weight is 300 g/mol. The molecule has 112 valence electrons. The predicted octanol–water partition coefficient (Wildman–Crippen LogP) is 1.35. The third-order valence-corrected chi connectivity index (χ3v) is 3.03. The lowest BCUT2D eigenvalue weighted by Gasteiger charge is -2.26. The molecule has 2 N–H and O–H groups in total. The lowest BCUT2D eigenvalue weighted by molar-refractivity contribution is -0.117. The summed E-state index contributed by atoms with van der Waals surface area (Å²) >= 11 is 0. The van der Waals surface area contributed by atoms with Crippen molar-refractivity contribution in [2.24, 2.45) is 0 Å². The molecule has 0 saturated carbocycles. The van der Waals surface area contributed by atoms with E-state index in [4.69, 9.17) is 4.74 Å². The summed E-state index contributed by atoms with van der Waals surface area (Å²) in [6.07, 6.45) is 0. The second-order valence-corrected chi connectivity index (χ2v) is 4.53. The zero-order valence-electron chi connectivity index (χ0n) is 11.7. The monoisotopic (exact) mass is 299 g/mol. The summed E-state index contributed by atoms with van der Waals surface area (Å²) in [6.45, 7) is 6.81. The van der Waals surface area contributed by atoms with Gasteiger partial charge in [0.15, 0.2) is 0 Å². The number of ether oxygens (including phenoxy) is 1. The minimum Gasteiger partial charge on any atom is -0.494 e. The quantitative estimate of drug-likeness (QED) is 0.862. The standard InChI is InChI=1S/C14H21N3O2.ClH/c1-2-19-13-5-3-12(4-6-13)16-14(18)11-17-9-7-15-8-10-17;/h3-6,15H,2,7-11H2,1H3,(H,16,18);1H. The lowest BCUT2D eigenvalue weighted by atomic mass is 10.3. The van der Waals surface area contributed by atoms with Gasteiger partial charge in [0, 0.05) is 31.9 Å². The molecule has 1 fully saturated rings. The Morgan fingerprint density at radius 1 is 1.30 bits per heavy atom. The third kappa shape index (κ3) is 5.36. The van der Waals surface area contributed by atoms with Crippen LogP contribution in [0.3, 0.4) is 0 Å². The summed E-state index contributed by atoms with van der Waals surface area (Å²) in [5.74, 6) is 0.855. The van der Waals surface area contributed by atoms with Crippen LogP contribution in [0.1, 0.15) is 6.92 Å². The van der Waals surface area contributed by atoms with Crippen LogP contribution in [-0.4, -0.2) is 50.1 Å². The van der Waals surface area contributed by atoms with E-state index in [1.807, 2.05) is 31.2 Å². The SMILES string of the molecule is CCOc1ccc(NC(=O)CN2CCNCC2)cc1.Cl. The number of nitrogens with zero attached hydrogens (tertiary/aromatic N) is 1. The Bertz CT molecular complexity index is 405. The van der Waals surface area contributed by atoms with E-state index in [0.717, 1.165) is 37.6 Å². The highest BCUT2D eigenvalue weighted by atomic mass is 35.5. The molecule has 20 heavy (non-hydrogen) atoms. The van der Waals surface area contributed by atoms with Gasteiger partial charge in [-0.15, -0.1) is 12.4 Å².